The number of ether oxygens (including phenoxy) is 2. The maximum absolute atomic E-state index is 13.2. The fourth-order valence-corrected chi connectivity index (χ4v) is 3.88. The van der Waals surface area contributed by atoms with Gasteiger partial charge in [0.2, 0.25) is 5.91 Å². The second-order valence-corrected chi connectivity index (χ2v) is 8.23. The number of nitrogens with zero attached hydrogens (tertiary/aromatic N) is 3. The van der Waals surface area contributed by atoms with Crippen LogP contribution in [0.15, 0.2) is 42.5 Å². The lowest BCUT2D eigenvalue weighted by molar-refractivity contribution is -0.385. The fourth-order valence-electron chi connectivity index (χ4n) is 3.88. The first-order chi connectivity index (χ1) is 16.1. The summed E-state index contributed by atoms with van der Waals surface area (Å²) >= 11 is 0. The van der Waals surface area contributed by atoms with Crippen molar-refractivity contribution in [1.82, 2.24) is 9.80 Å². The van der Waals surface area contributed by atoms with Gasteiger partial charge in [0.15, 0.2) is 11.5 Å². The molecule has 182 valence electrons. The van der Waals surface area contributed by atoms with E-state index in [1.165, 1.54) is 12.0 Å². The predicted molar refractivity (Wildman–Crippen MR) is 118 cm³/mol. The highest BCUT2D eigenvalue weighted by molar-refractivity contribution is 5.99. The van der Waals surface area contributed by atoms with Gasteiger partial charge in [-0.05, 0) is 19.4 Å². The molecule has 0 radical (unpaired) electrons. The molecule has 2 amide bonds. The molecule has 0 saturated carbocycles. The average Bonchev–Trinajstić information content (AvgIpc) is 2.83. The second-order valence-electron chi connectivity index (χ2n) is 8.23. The summed E-state index contributed by atoms with van der Waals surface area (Å²) in [5, 5.41) is 11.5. The van der Waals surface area contributed by atoms with Crippen molar-refractivity contribution in [2.45, 2.75) is 25.9 Å². The van der Waals surface area contributed by atoms with Crippen molar-refractivity contribution in [1.29, 1.82) is 0 Å². The summed E-state index contributed by atoms with van der Waals surface area (Å²) in [6.45, 7) is 1.26. The van der Waals surface area contributed by atoms with E-state index in [9.17, 15) is 28.5 Å². The number of amides is 2. The maximum atomic E-state index is 13.2. The largest absolute Gasteiger partial charge is 0.493 e. The Hall–Kier alpha value is -3.76. The minimum absolute atomic E-state index is 0.0908. The van der Waals surface area contributed by atoms with E-state index in [2.05, 4.69) is 4.74 Å². The van der Waals surface area contributed by atoms with Gasteiger partial charge in [-0.1, -0.05) is 30.3 Å². The van der Waals surface area contributed by atoms with E-state index in [1.807, 2.05) is 44.2 Å². The van der Waals surface area contributed by atoms with Gasteiger partial charge < -0.3 is 19.3 Å². The van der Waals surface area contributed by atoms with Crippen LogP contribution in [0.2, 0.25) is 0 Å². The molecule has 0 unspecified atom stereocenters. The van der Waals surface area contributed by atoms with Gasteiger partial charge in [-0.25, -0.2) is 0 Å². The van der Waals surface area contributed by atoms with Crippen LogP contribution >= 0.6 is 0 Å². The van der Waals surface area contributed by atoms with Crippen molar-refractivity contribution in [3.05, 3.63) is 63.7 Å². The molecular weight excluding hydrogens is 452 g/mol. The molecule has 0 aromatic heterocycles. The van der Waals surface area contributed by atoms with E-state index in [0.717, 1.165) is 17.7 Å². The summed E-state index contributed by atoms with van der Waals surface area (Å²) in [6.07, 6.45) is 0. The summed E-state index contributed by atoms with van der Waals surface area (Å²) in [6, 6.07) is 11.1. The van der Waals surface area contributed by atoms with E-state index in [4.69, 9.17) is 4.74 Å². The third kappa shape index (κ3) is 5.08. The number of carbonyl (C=O) groups is 2. The number of halogens is 2. The molecule has 0 spiro atoms. The number of hydrogen-bond acceptors (Lipinski definition) is 6. The minimum atomic E-state index is -3.22. The molecule has 0 N–H and O–H groups in total. The molecule has 1 heterocycles. The Bertz CT molecular complexity index is 1070. The molecule has 1 aliphatic heterocycles. The van der Waals surface area contributed by atoms with E-state index in [0.29, 0.717) is 0 Å². The second kappa shape index (κ2) is 10.0. The number of nitro benzene ring substituents is 1. The molecule has 0 bridgehead atoms. The number of alkyl halides is 2. The lowest BCUT2D eigenvalue weighted by atomic mass is 9.83. The monoisotopic (exact) mass is 477 g/mol. The smallest absolute Gasteiger partial charge is 0.387 e. The Balaban J connectivity index is 1.77. The Morgan fingerprint density at radius 2 is 1.62 bits per heavy atom. The Morgan fingerprint density at radius 1 is 1.03 bits per heavy atom. The topological polar surface area (TPSA) is 102 Å². The molecule has 1 saturated heterocycles. The molecular formula is C23H25F2N3O6. The summed E-state index contributed by atoms with van der Waals surface area (Å²) in [5.74, 6) is -1.53. The minimum Gasteiger partial charge on any atom is -0.493 e. The summed E-state index contributed by atoms with van der Waals surface area (Å²) in [5.41, 5.74) is -0.884. The van der Waals surface area contributed by atoms with Crippen molar-refractivity contribution >= 4 is 17.5 Å². The summed E-state index contributed by atoms with van der Waals surface area (Å²) in [4.78, 5) is 40.0. The molecule has 9 nitrogen and oxygen atoms in total. The normalized spacial score (nSPS) is 14.2. The van der Waals surface area contributed by atoms with Crippen LogP contribution in [-0.2, 0) is 10.2 Å². The van der Waals surface area contributed by atoms with E-state index in [-0.39, 0.29) is 43.4 Å². The Labute approximate surface area is 195 Å². The third-order valence-corrected chi connectivity index (χ3v) is 5.81. The first-order valence-electron chi connectivity index (χ1n) is 10.5. The molecule has 2 aromatic carbocycles. The lowest BCUT2D eigenvalue weighted by Crippen LogP contribution is -2.54. The quantitative estimate of drug-likeness (QED) is 0.447. The number of piperazine rings is 1. The highest BCUT2D eigenvalue weighted by atomic mass is 19.3. The van der Waals surface area contributed by atoms with Crippen LogP contribution in [0.5, 0.6) is 11.5 Å². The first-order valence-corrected chi connectivity index (χ1v) is 10.5. The Morgan fingerprint density at radius 3 is 2.15 bits per heavy atom. The Kier molecular flexibility index (Phi) is 7.33. The van der Waals surface area contributed by atoms with Crippen LogP contribution in [0.3, 0.4) is 0 Å². The van der Waals surface area contributed by atoms with Crippen LogP contribution in [0.4, 0.5) is 14.5 Å². The van der Waals surface area contributed by atoms with E-state index in [1.54, 1.807) is 4.90 Å². The SMILES string of the molecule is COc1cc(C(=O)N2CCN(C(=O)C(C)(C)c3ccccc3)CC2)c([N+](=O)[O-])cc1OC(F)F. The van der Waals surface area contributed by atoms with Gasteiger partial charge in [-0.3, -0.25) is 19.7 Å². The summed E-state index contributed by atoms with van der Waals surface area (Å²) in [7, 11) is 1.17. The highest BCUT2D eigenvalue weighted by Crippen LogP contribution is 2.36. The van der Waals surface area contributed by atoms with Gasteiger partial charge >= 0.3 is 6.61 Å². The molecule has 1 fully saturated rings. The standard InChI is InChI=1S/C23H25F2N3O6/c1-23(2,15-7-5-4-6-8-15)21(30)27-11-9-26(10-12-27)20(29)16-13-18(33-3)19(34-22(24)25)14-17(16)28(31)32/h4-8,13-14,22H,9-12H2,1-3H3. The number of carbonyl (C=O) groups excluding carboxylic acids is 2. The van der Waals surface area contributed by atoms with Crippen LogP contribution in [0.25, 0.3) is 0 Å². The lowest BCUT2D eigenvalue weighted by Gasteiger charge is -2.38. The van der Waals surface area contributed by atoms with Gasteiger partial charge in [0.1, 0.15) is 5.56 Å². The van der Waals surface area contributed by atoms with Crippen molar-refractivity contribution in [3.63, 3.8) is 0 Å². The summed E-state index contributed by atoms with van der Waals surface area (Å²) < 4.78 is 34.6. The molecule has 0 atom stereocenters. The van der Waals surface area contributed by atoms with Crippen LogP contribution in [-0.4, -0.2) is 66.4 Å². The van der Waals surface area contributed by atoms with Crippen molar-refractivity contribution in [2.75, 3.05) is 33.3 Å². The molecule has 0 aliphatic carbocycles. The zero-order chi connectivity index (χ0) is 25.0. The molecule has 1 aliphatic rings. The van der Waals surface area contributed by atoms with Gasteiger partial charge in [-0.2, -0.15) is 8.78 Å². The van der Waals surface area contributed by atoms with E-state index >= 15 is 0 Å². The van der Waals surface area contributed by atoms with Gasteiger partial charge in [0.05, 0.1) is 23.5 Å². The van der Waals surface area contributed by atoms with Gasteiger partial charge in [0.25, 0.3) is 11.6 Å². The molecule has 11 heteroatoms. The van der Waals surface area contributed by atoms with Crippen molar-refractivity contribution < 1.29 is 32.8 Å². The third-order valence-electron chi connectivity index (χ3n) is 5.81. The number of methoxy groups -OCH3 is 1. The zero-order valence-electron chi connectivity index (χ0n) is 19.0. The number of rotatable bonds is 7. The van der Waals surface area contributed by atoms with Gasteiger partial charge in [0, 0.05) is 32.2 Å². The highest BCUT2D eigenvalue weighted by Gasteiger charge is 2.37. The number of nitro groups is 1. The maximum Gasteiger partial charge on any atom is 0.387 e. The van der Waals surface area contributed by atoms with Crippen LogP contribution in [0.1, 0.15) is 29.8 Å². The van der Waals surface area contributed by atoms with Crippen molar-refractivity contribution in [3.8, 4) is 11.5 Å². The first kappa shape index (κ1) is 24.9. The van der Waals surface area contributed by atoms with Gasteiger partial charge in [-0.15, -0.1) is 0 Å². The zero-order valence-corrected chi connectivity index (χ0v) is 19.0. The van der Waals surface area contributed by atoms with Crippen LogP contribution in [0, 0.1) is 10.1 Å². The molecule has 34 heavy (non-hydrogen) atoms. The molecule has 2 aromatic rings. The van der Waals surface area contributed by atoms with Crippen molar-refractivity contribution in [2.24, 2.45) is 0 Å². The number of hydrogen-bond donors (Lipinski definition) is 0. The predicted octanol–water partition coefficient (Wildman–Crippen LogP) is 3.47. The van der Waals surface area contributed by atoms with E-state index < -0.39 is 34.3 Å². The molecule has 3 rings (SSSR count). The fraction of sp³-hybridized carbons (Fsp3) is 0.391. The van der Waals surface area contributed by atoms with Crippen LogP contribution < -0.4 is 9.47 Å². The number of benzene rings is 2. The average molecular weight is 477 g/mol.